The highest BCUT2D eigenvalue weighted by Gasteiger charge is 2.65. The van der Waals surface area contributed by atoms with Gasteiger partial charge in [-0.15, -0.1) is 0 Å². The average Bonchev–Trinajstić information content (AvgIpc) is 2.73. The van der Waals surface area contributed by atoms with Gasteiger partial charge >= 0.3 is 0 Å². The molecule has 7 heteroatoms. The minimum atomic E-state index is -3.56. The van der Waals surface area contributed by atoms with Crippen LogP contribution in [0.4, 0.5) is 0 Å². The summed E-state index contributed by atoms with van der Waals surface area (Å²) in [6, 6.07) is 0. The molecule has 2 rings (SSSR count). The van der Waals surface area contributed by atoms with E-state index in [4.69, 9.17) is 9.47 Å². The van der Waals surface area contributed by atoms with Crippen LogP contribution in [0.3, 0.4) is 0 Å². The van der Waals surface area contributed by atoms with Crippen LogP contribution >= 0.6 is 0 Å². The van der Waals surface area contributed by atoms with Crippen LogP contribution < -0.4 is 4.72 Å². The van der Waals surface area contributed by atoms with Crippen LogP contribution in [-0.4, -0.2) is 47.0 Å². The Morgan fingerprint density at radius 2 is 1.95 bits per heavy atom. The van der Waals surface area contributed by atoms with Gasteiger partial charge < -0.3 is 9.47 Å². The Morgan fingerprint density at radius 1 is 1.33 bits per heavy atom. The molecule has 0 radical (unpaired) electrons. The van der Waals surface area contributed by atoms with Gasteiger partial charge in [-0.2, -0.15) is 0 Å². The first-order valence-corrected chi connectivity index (χ1v) is 8.90. The monoisotopic (exact) mass is 319 g/mol. The van der Waals surface area contributed by atoms with E-state index in [1.807, 2.05) is 13.8 Å². The summed E-state index contributed by atoms with van der Waals surface area (Å²) >= 11 is 0. The maximum absolute atomic E-state index is 12.4. The zero-order valence-electron chi connectivity index (χ0n) is 13.1. The Hall–Kier alpha value is -0.500. The van der Waals surface area contributed by atoms with Gasteiger partial charge in [0.15, 0.2) is 6.29 Å². The minimum Gasteiger partial charge on any atom is -0.355 e. The summed E-state index contributed by atoms with van der Waals surface area (Å²) in [5.74, 6) is 0.276. The second-order valence-electron chi connectivity index (χ2n) is 6.68. The molecule has 2 saturated carbocycles. The second kappa shape index (κ2) is 5.61. The zero-order chi connectivity index (χ0) is 15.9. The molecule has 6 nitrogen and oxygen atoms in total. The van der Waals surface area contributed by atoms with E-state index in [1.54, 1.807) is 0 Å². The number of fused-ring (bicyclic) bond motifs is 2. The van der Waals surface area contributed by atoms with E-state index in [0.717, 1.165) is 6.42 Å². The molecule has 21 heavy (non-hydrogen) atoms. The van der Waals surface area contributed by atoms with Crippen molar-refractivity contribution in [2.24, 2.45) is 16.7 Å². The molecule has 2 atom stereocenters. The molecule has 2 aliphatic rings. The number of ketones is 1. The van der Waals surface area contributed by atoms with Gasteiger partial charge in [0.1, 0.15) is 5.78 Å². The lowest BCUT2D eigenvalue weighted by molar-refractivity contribution is -0.128. The summed E-state index contributed by atoms with van der Waals surface area (Å²) in [5, 5.41) is 0. The van der Waals surface area contributed by atoms with Crippen LogP contribution in [-0.2, 0) is 24.3 Å². The summed E-state index contributed by atoms with van der Waals surface area (Å²) in [6.45, 7) is 4.10. The smallest absolute Gasteiger partial charge is 0.212 e. The van der Waals surface area contributed by atoms with Gasteiger partial charge in [0.2, 0.25) is 10.0 Å². The predicted octanol–water partition coefficient (Wildman–Crippen LogP) is 0.920. The van der Waals surface area contributed by atoms with E-state index in [9.17, 15) is 13.2 Å². The Kier molecular flexibility index (Phi) is 4.50. The van der Waals surface area contributed by atoms with Gasteiger partial charge in [-0.05, 0) is 24.2 Å². The normalized spacial score (nSPS) is 31.3. The molecule has 0 saturated heterocycles. The first-order chi connectivity index (χ1) is 9.68. The number of Topliss-reactive ketones (excluding diaryl/α,β-unsaturated/α-hetero) is 1. The molecule has 0 heterocycles. The average molecular weight is 319 g/mol. The molecule has 0 spiro atoms. The third-order valence-electron chi connectivity index (χ3n) is 5.57. The van der Waals surface area contributed by atoms with Crippen LogP contribution in [0, 0.1) is 16.7 Å². The minimum absolute atomic E-state index is 0.0451. The highest BCUT2D eigenvalue weighted by molar-refractivity contribution is 7.89. The van der Waals surface area contributed by atoms with Crippen LogP contribution in [0.25, 0.3) is 0 Å². The molecule has 0 unspecified atom stereocenters. The maximum atomic E-state index is 12.4. The molecular weight excluding hydrogens is 294 g/mol. The van der Waals surface area contributed by atoms with Crippen molar-refractivity contribution in [2.75, 3.05) is 26.5 Å². The van der Waals surface area contributed by atoms with Crippen LogP contribution in [0.15, 0.2) is 0 Å². The van der Waals surface area contributed by atoms with E-state index in [2.05, 4.69) is 4.72 Å². The number of carbonyl (C=O) groups is 1. The lowest BCUT2D eigenvalue weighted by Crippen LogP contribution is -2.46. The number of rotatable bonds is 7. The summed E-state index contributed by atoms with van der Waals surface area (Å²) in [7, 11) is -0.657. The number of methoxy groups -OCH3 is 2. The van der Waals surface area contributed by atoms with Crippen molar-refractivity contribution < 1.29 is 22.7 Å². The van der Waals surface area contributed by atoms with Crippen LogP contribution in [0.5, 0.6) is 0 Å². The molecule has 0 amide bonds. The number of carbonyl (C=O) groups excluding carboxylic acids is 1. The molecule has 0 aliphatic heterocycles. The van der Waals surface area contributed by atoms with E-state index >= 15 is 0 Å². The standard InChI is InChI=1S/C14H25NO5S/c1-13(2)10-5-6-14(13,11(16)7-10)9-21(17,18)15-8-12(19-3)20-4/h10,12,15H,5-9H2,1-4H3/t10-,14+/m0/s1. The molecular formula is C14H25NO5S. The van der Waals surface area contributed by atoms with E-state index in [1.165, 1.54) is 14.2 Å². The number of hydrogen-bond acceptors (Lipinski definition) is 5. The Bertz CT molecular complexity index is 511. The quantitative estimate of drug-likeness (QED) is 0.706. The van der Waals surface area contributed by atoms with E-state index in [-0.39, 0.29) is 23.5 Å². The zero-order valence-corrected chi connectivity index (χ0v) is 14.0. The van der Waals surface area contributed by atoms with Gasteiger partial charge in [-0.25, -0.2) is 13.1 Å². The summed E-state index contributed by atoms with van der Waals surface area (Å²) < 4.78 is 37.2. The molecule has 2 bridgehead atoms. The summed E-state index contributed by atoms with van der Waals surface area (Å²) in [6.07, 6.45) is 1.50. The van der Waals surface area contributed by atoms with Crippen molar-refractivity contribution in [1.82, 2.24) is 4.72 Å². The largest absolute Gasteiger partial charge is 0.355 e. The van der Waals surface area contributed by atoms with Crippen molar-refractivity contribution in [3.05, 3.63) is 0 Å². The van der Waals surface area contributed by atoms with Crippen molar-refractivity contribution in [2.45, 2.75) is 39.4 Å². The van der Waals surface area contributed by atoms with Crippen molar-refractivity contribution in [1.29, 1.82) is 0 Å². The third kappa shape index (κ3) is 2.76. The van der Waals surface area contributed by atoms with Gasteiger partial charge in [0.05, 0.1) is 12.3 Å². The molecule has 122 valence electrons. The molecule has 2 aliphatic carbocycles. The number of ether oxygens (including phenoxy) is 2. The first kappa shape index (κ1) is 16.9. The van der Waals surface area contributed by atoms with Gasteiger partial charge in [-0.3, -0.25) is 4.79 Å². The summed E-state index contributed by atoms with van der Waals surface area (Å²) in [5.41, 5.74) is -0.986. The van der Waals surface area contributed by atoms with E-state index < -0.39 is 21.7 Å². The fourth-order valence-electron chi connectivity index (χ4n) is 3.94. The molecule has 1 N–H and O–H groups in total. The van der Waals surface area contributed by atoms with Crippen molar-refractivity contribution >= 4 is 15.8 Å². The van der Waals surface area contributed by atoms with Gasteiger partial charge in [0, 0.05) is 26.1 Å². The van der Waals surface area contributed by atoms with Gasteiger partial charge in [0.25, 0.3) is 0 Å². The Labute approximate surface area is 126 Å². The molecule has 0 aromatic heterocycles. The highest BCUT2D eigenvalue weighted by atomic mass is 32.2. The van der Waals surface area contributed by atoms with Crippen molar-refractivity contribution in [3.63, 3.8) is 0 Å². The SMILES string of the molecule is COC(CNS(=O)(=O)C[C@]12CC[C@@H](CC1=O)C2(C)C)OC. The topological polar surface area (TPSA) is 81.7 Å². The molecule has 2 fully saturated rings. The van der Waals surface area contributed by atoms with Gasteiger partial charge in [-0.1, -0.05) is 13.8 Å². The predicted molar refractivity (Wildman–Crippen MR) is 78.2 cm³/mol. The first-order valence-electron chi connectivity index (χ1n) is 7.25. The van der Waals surface area contributed by atoms with Crippen molar-refractivity contribution in [3.8, 4) is 0 Å². The highest BCUT2D eigenvalue weighted by Crippen LogP contribution is 2.64. The lowest BCUT2D eigenvalue weighted by atomic mass is 9.70. The van der Waals surface area contributed by atoms with E-state index in [0.29, 0.717) is 18.8 Å². The van der Waals surface area contributed by atoms with Crippen LogP contribution in [0.2, 0.25) is 0 Å². The fourth-order valence-corrected chi connectivity index (χ4v) is 5.76. The Morgan fingerprint density at radius 3 is 2.38 bits per heavy atom. The molecule has 0 aromatic rings. The number of hydrogen-bond donors (Lipinski definition) is 1. The second-order valence-corrected chi connectivity index (χ2v) is 8.48. The lowest BCUT2D eigenvalue weighted by Gasteiger charge is -2.36. The van der Waals surface area contributed by atoms with Crippen LogP contribution in [0.1, 0.15) is 33.1 Å². The third-order valence-corrected chi connectivity index (χ3v) is 7.05. The fraction of sp³-hybridized carbons (Fsp3) is 0.929. The molecule has 0 aromatic carbocycles. The number of nitrogens with one attached hydrogen (secondary N) is 1. The maximum Gasteiger partial charge on any atom is 0.212 e. The Balaban J connectivity index is 2.11. The number of sulfonamides is 1. The summed E-state index contributed by atoms with van der Waals surface area (Å²) in [4.78, 5) is 12.4.